The molecule has 1 heterocycles. The molecule has 0 unspecified atom stereocenters. The Morgan fingerprint density at radius 2 is 2.27 bits per heavy atom. The van der Waals surface area contributed by atoms with Crippen molar-refractivity contribution in [3.05, 3.63) is 18.0 Å². The molecule has 0 aromatic carbocycles. The summed E-state index contributed by atoms with van der Waals surface area (Å²) in [5, 5.41) is 9.15. The molecular weight excluding hydrogens is 208 g/mol. The largest absolute Gasteiger partial charge is 0.324 e. The average molecular weight is 226 g/mol. The molecule has 4 nitrogen and oxygen atoms in total. The van der Waals surface area contributed by atoms with Crippen molar-refractivity contribution in [3.8, 4) is 0 Å². The van der Waals surface area contributed by atoms with Crippen LogP contribution in [0.3, 0.4) is 0 Å². The summed E-state index contributed by atoms with van der Waals surface area (Å²) in [7, 11) is 0. The first-order valence-corrected chi connectivity index (χ1v) is 6.07. The molecule has 0 saturated heterocycles. The summed E-state index contributed by atoms with van der Waals surface area (Å²) in [5.74, 6) is 1.74. The van der Waals surface area contributed by atoms with Crippen molar-refractivity contribution in [1.82, 2.24) is 14.8 Å². The molecular formula is C10H18N4S. The van der Waals surface area contributed by atoms with Crippen LogP contribution in [0.2, 0.25) is 0 Å². The van der Waals surface area contributed by atoms with E-state index >= 15 is 0 Å². The summed E-state index contributed by atoms with van der Waals surface area (Å²) in [6.07, 6.45) is 1.06. The van der Waals surface area contributed by atoms with E-state index in [4.69, 9.17) is 5.73 Å². The Labute approximate surface area is 95.0 Å². The molecule has 1 rings (SSSR count). The highest BCUT2D eigenvalue weighted by molar-refractivity contribution is 7.99. The van der Waals surface area contributed by atoms with Gasteiger partial charge in [-0.3, -0.25) is 0 Å². The molecule has 0 fully saturated rings. The Bertz CT molecular complexity index is 332. The summed E-state index contributed by atoms with van der Waals surface area (Å²) in [4.78, 5) is 0. The van der Waals surface area contributed by atoms with Gasteiger partial charge in [0.2, 0.25) is 0 Å². The number of nitrogens with zero attached hydrogens (tertiary/aromatic N) is 3. The van der Waals surface area contributed by atoms with Gasteiger partial charge >= 0.3 is 0 Å². The van der Waals surface area contributed by atoms with Crippen molar-refractivity contribution in [3.63, 3.8) is 0 Å². The highest BCUT2D eigenvalue weighted by Crippen LogP contribution is 2.19. The van der Waals surface area contributed by atoms with Gasteiger partial charge in [-0.05, 0) is 13.3 Å². The van der Waals surface area contributed by atoms with Gasteiger partial charge in [-0.1, -0.05) is 30.8 Å². The quantitative estimate of drug-likeness (QED) is 0.594. The molecule has 0 atom stereocenters. The molecule has 0 aliphatic rings. The lowest BCUT2D eigenvalue weighted by atomic mass is 10.4. The first-order chi connectivity index (χ1) is 7.19. The third-order valence-electron chi connectivity index (χ3n) is 1.87. The fourth-order valence-corrected chi connectivity index (χ4v) is 2.04. The maximum atomic E-state index is 5.60. The van der Waals surface area contributed by atoms with Gasteiger partial charge in [0.1, 0.15) is 5.82 Å². The van der Waals surface area contributed by atoms with Crippen LogP contribution in [0.5, 0.6) is 0 Å². The van der Waals surface area contributed by atoms with Gasteiger partial charge in [-0.25, -0.2) is 0 Å². The Hall–Kier alpha value is -0.810. The minimum atomic E-state index is 0.445. The second-order valence-corrected chi connectivity index (χ2v) is 4.44. The van der Waals surface area contributed by atoms with Gasteiger partial charge in [-0.15, -0.1) is 10.2 Å². The minimum absolute atomic E-state index is 0.445. The summed E-state index contributed by atoms with van der Waals surface area (Å²) in [6.45, 7) is 9.39. The number of hydrogen-bond acceptors (Lipinski definition) is 4. The van der Waals surface area contributed by atoms with E-state index in [-0.39, 0.29) is 0 Å². The molecule has 0 aliphatic heterocycles. The lowest BCUT2D eigenvalue weighted by molar-refractivity contribution is 0.592. The highest BCUT2D eigenvalue weighted by atomic mass is 32.2. The molecule has 1 aromatic heterocycles. The lowest BCUT2D eigenvalue weighted by Crippen LogP contribution is -2.09. The molecule has 0 amide bonds. The van der Waals surface area contributed by atoms with E-state index in [1.54, 1.807) is 11.8 Å². The third kappa shape index (κ3) is 3.35. The molecule has 0 bridgehead atoms. The summed E-state index contributed by atoms with van der Waals surface area (Å²) < 4.78 is 2.09. The predicted octanol–water partition coefficient (Wildman–Crippen LogP) is 1.82. The van der Waals surface area contributed by atoms with Crippen molar-refractivity contribution in [2.75, 3.05) is 5.75 Å². The maximum Gasteiger partial charge on any atom is 0.191 e. The predicted molar refractivity (Wildman–Crippen MR) is 63.7 cm³/mol. The van der Waals surface area contributed by atoms with E-state index in [1.807, 2.05) is 6.92 Å². The third-order valence-corrected chi connectivity index (χ3v) is 3.07. The molecule has 0 radical (unpaired) electrons. The van der Waals surface area contributed by atoms with Crippen LogP contribution < -0.4 is 5.73 Å². The second-order valence-electron chi connectivity index (χ2n) is 3.50. The van der Waals surface area contributed by atoms with Crippen molar-refractivity contribution in [2.24, 2.45) is 5.73 Å². The van der Waals surface area contributed by atoms with E-state index in [0.717, 1.165) is 35.3 Å². The molecule has 0 saturated carbocycles. The fraction of sp³-hybridized carbons (Fsp3) is 0.600. The summed E-state index contributed by atoms with van der Waals surface area (Å²) >= 11 is 1.67. The van der Waals surface area contributed by atoms with Crippen LogP contribution in [0.25, 0.3) is 0 Å². The first kappa shape index (κ1) is 12.3. The van der Waals surface area contributed by atoms with Crippen LogP contribution in [-0.4, -0.2) is 20.5 Å². The molecule has 84 valence electrons. The fourth-order valence-electron chi connectivity index (χ4n) is 1.21. The Morgan fingerprint density at radius 1 is 1.53 bits per heavy atom. The smallest absolute Gasteiger partial charge is 0.191 e. The van der Waals surface area contributed by atoms with Gasteiger partial charge in [-0.2, -0.15) is 0 Å². The summed E-state index contributed by atoms with van der Waals surface area (Å²) in [5.41, 5.74) is 6.74. The minimum Gasteiger partial charge on any atom is -0.324 e. The van der Waals surface area contributed by atoms with Crippen molar-refractivity contribution < 1.29 is 0 Å². The topological polar surface area (TPSA) is 56.7 Å². The Kier molecular flexibility index (Phi) is 4.84. The van der Waals surface area contributed by atoms with E-state index < -0.39 is 0 Å². The first-order valence-electron chi connectivity index (χ1n) is 5.08. The zero-order valence-corrected chi connectivity index (χ0v) is 10.2. The van der Waals surface area contributed by atoms with Crippen LogP contribution in [0.1, 0.15) is 26.1 Å². The average Bonchev–Trinajstić information content (AvgIpc) is 2.58. The van der Waals surface area contributed by atoms with E-state index in [2.05, 4.69) is 28.3 Å². The molecule has 5 heteroatoms. The number of hydrogen-bond donors (Lipinski definition) is 1. The molecule has 15 heavy (non-hydrogen) atoms. The van der Waals surface area contributed by atoms with E-state index in [1.165, 1.54) is 0 Å². The number of thioether (sulfide) groups is 1. The second kappa shape index (κ2) is 5.92. The van der Waals surface area contributed by atoms with Crippen molar-refractivity contribution in [2.45, 2.75) is 38.5 Å². The van der Waals surface area contributed by atoms with Gasteiger partial charge < -0.3 is 10.3 Å². The Balaban J connectivity index is 2.77. The van der Waals surface area contributed by atoms with E-state index in [0.29, 0.717) is 6.54 Å². The van der Waals surface area contributed by atoms with E-state index in [9.17, 15) is 0 Å². The van der Waals surface area contributed by atoms with Crippen LogP contribution in [0, 0.1) is 0 Å². The number of aromatic nitrogens is 3. The molecule has 2 N–H and O–H groups in total. The van der Waals surface area contributed by atoms with Crippen molar-refractivity contribution >= 4 is 11.8 Å². The van der Waals surface area contributed by atoms with Gasteiger partial charge in [0, 0.05) is 12.3 Å². The SMILES string of the molecule is C=C(C)CSc1nnc(CN)n1CCC. The number of nitrogens with two attached hydrogens (primary N) is 1. The highest BCUT2D eigenvalue weighted by Gasteiger charge is 2.09. The standard InChI is InChI=1S/C10H18N4S/c1-4-5-14-9(6-11)12-13-10(14)15-7-8(2)3/h2,4-7,11H2,1,3H3. The lowest BCUT2D eigenvalue weighted by Gasteiger charge is -2.07. The van der Waals surface area contributed by atoms with Crippen LogP contribution in [-0.2, 0) is 13.1 Å². The van der Waals surface area contributed by atoms with Gasteiger partial charge in [0.25, 0.3) is 0 Å². The zero-order valence-electron chi connectivity index (χ0n) is 9.36. The normalized spacial score (nSPS) is 10.6. The Morgan fingerprint density at radius 3 is 2.80 bits per heavy atom. The molecule has 1 aromatic rings. The molecule has 0 aliphatic carbocycles. The monoisotopic (exact) mass is 226 g/mol. The maximum absolute atomic E-state index is 5.60. The van der Waals surface area contributed by atoms with Crippen LogP contribution >= 0.6 is 11.8 Å². The van der Waals surface area contributed by atoms with Gasteiger partial charge in [0.15, 0.2) is 5.16 Å². The molecule has 0 spiro atoms. The zero-order chi connectivity index (χ0) is 11.3. The van der Waals surface area contributed by atoms with Crippen LogP contribution in [0.4, 0.5) is 0 Å². The summed E-state index contributed by atoms with van der Waals surface area (Å²) in [6, 6.07) is 0. The number of rotatable bonds is 6. The van der Waals surface area contributed by atoms with Gasteiger partial charge in [0.05, 0.1) is 6.54 Å². The van der Waals surface area contributed by atoms with Crippen molar-refractivity contribution in [1.29, 1.82) is 0 Å². The van der Waals surface area contributed by atoms with Crippen LogP contribution in [0.15, 0.2) is 17.3 Å².